The number of amides is 1. The van der Waals surface area contributed by atoms with Gasteiger partial charge in [0.05, 0.1) is 11.3 Å². The monoisotopic (exact) mass is 327 g/mol. The van der Waals surface area contributed by atoms with Gasteiger partial charge in [0.25, 0.3) is 0 Å². The fourth-order valence-corrected chi connectivity index (χ4v) is 3.51. The molecule has 20 heavy (non-hydrogen) atoms. The second-order valence-corrected chi connectivity index (χ2v) is 7.73. The van der Waals surface area contributed by atoms with Gasteiger partial charge < -0.3 is 11.1 Å². The van der Waals surface area contributed by atoms with E-state index in [1.165, 1.54) is 4.31 Å². The van der Waals surface area contributed by atoms with E-state index in [0.717, 1.165) is 0 Å². The Kier molecular flexibility index (Phi) is 7.44. The van der Waals surface area contributed by atoms with E-state index in [1.807, 2.05) is 20.8 Å². The second kappa shape index (κ2) is 7.59. The Bertz CT molecular complexity index is 428. The Hall–Kier alpha value is -0.370. The SMILES string of the molecule is CC(C)C(C)(CN)NC(=O)CCN1CCCS1(=O)=O.Cl. The maximum absolute atomic E-state index is 11.9. The molecule has 0 aromatic carbocycles. The van der Waals surface area contributed by atoms with Crippen LogP contribution in [0, 0.1) is 5.92 Å². The highest BCUT2D eigenvalue weighted by Crippen LogP contribution is 2.16. The van der Waals surface area contributed by atoms with Crippen LogP contribution in [0.2, 0.25) is 0 Å². The summed E-state index contributed by atoms with van der Waals surface area (Å²) in [5, 5.41) is 2.91. The summed E-state index contributed by atoms with van der Waals surface area (Å²) in [5.74, 6) is 0.266. The summed E-state index contributed by atoms with van der Waals surface area (Å²) in [5.41, 5.74) is 5.25. The molecule has 1 aliphatic rings. The van der Waals surface area contributed by atoms with Crippen molar-refractivity contribution in [3.05, 3.63) is 0 Å². The van der Waals surface area contributed by atoms with Gasteiger partial charge in [-0.25, -0.2) is 12.7 Å². The molecule has 1 aliphatic heterocycles. The van der Waals surface area contributed by atoms with Crippen LogP contribution in [0.4, 0.5) is 0 Å². The molecule has 1 unspecified atom stereocenters. The van der Waals surface area contributed by atoms with Crippen LogP contribution in [-0.4, -0.2) is 49.6 Å². The molecule has 0 aromatic heterocycles. The van der Waals surface area contributed by atoms with Gasteiger partial charge in [-0.15, -0.1) is 12.4 Å². The molecule has 0 spiro atoms. The minimum absolute atomic E-state index is 0. The average Bonchev–Trinajstić information content (AvgIpc) is 2.65. The van der Waals surface area contributed by atoms with Crippen LogP contribution < -0.4 is 11.1 Å². The average molecular weight is 328 g/mol. The zero-order valence-corrected chi connectivity index (χ0v) is 14.0. The van der Waals surface area contributed by atoms with Crippen molar-refractivity contribution in [2.45, 2.75) is 39.2 Å². The van der Waals surface area contributed by atoms with Crippen molar-refractivity contribution in [1.82, 2.24) is 9.62 Å². The van der Waals surface area contributed by atoms with E-state index in [1.54, 1.807) is 0 Å². The summed E-state index contributed by atoms with van der Waals surface area (Å²) in [7, 11) is -3.12. The third kappa shape index (κ3) is 4.87. The number of nitrogens with two attached hydrogens (primary N) is 1. The van der Waals surface area contributed by atoms with Gasteiger partial charge in [-0.3, -0.25) is 4.79 Å². The van der Waals surface area contributed by atoms with Crippen molar-refractivity contribution >= 4 is 28.3 Å². The first-order valence-electron chi connectivity index (χ1n) is 6.70. The van der Waals surface area contributed by atoms with Crippen molar-refractivity contribution in [3.63, 3.8) is 0 Å². The lowest BCUT2D eigenvalue weighted by Crippen LogP contribution is -2.55. The highest BCUT2D eigenvalue weighted by Gasteiger charge is 2.31. The minimum atomic E-state index is -3.12. The van der Waals surface area contributed by atoms with Crippen LogP contribution in [0.15, 0.2) is 0 Å². The number of nitrogens with one attached hydrogen (secondary N) is 1. The van der Waals surface area contributed by atoms with Crippen LogP contribution in [0.5, 0.6) is 0 Å². The molecule has 120 valence electrons. The zero-order chi connectivity index (χ0) is 14.7. The van der Waals surface area contributed by atoms with Gasteiger partial charge in [0, 0.05) is 26.1 Å². The van der Waals surface area contributed by atoms with Crippen molar-refractivity contribution < 1.29 is 13.2 Å². The standard InChI is InChI=1S/C12H25N3O3S.ClH/c1-10(2)12(3,9-13)14-11(16)5-7-15-6-4-8-19(15,17)18;/h10H,4-9,13H2,1-3H3,(H,14,16);1H. The van der Waals surface area contributed by atoms with E-state index in [9.17, 15) is 13.2 Å². The molecule has 1 atom stereocenters. The van der Waals surface area contributed by atoms with E-state index < -0.39 is 15.6 Å². The van der Waals surface area contributed by atoms with Crippen molar-refractivity contribution in [2.75, 3.05) is 25.4 Å². The van der Waals surface area contributed by atoms with Gasteiger partial charge in [-0.1, -0.05) is 13.8 Å². The van der Waals surface area contributed by atoms with Crippen LogP contribution in [-0.2, 0) is 14.8 Å². The molecule has 0 bridgehead atoms. The first kappa shape index (κ1) is 19.6. The molecule has 1 amide bonds. The number of nitrogens with zero attached hydrogens (tertiary/aromatic N) is 1. The van der Waals surface area contributed by atoms with Gasteiger partial charge in [0.2, 0.25) is 15.9 Å². The third-order valence-corrected chi connectivity index (χ3v) is 5.87. The smallest absolute Gasteiger partial charge is 0.221 e. The van der Waals surface area contributed by atoms with Crippen LogP contribution >= 0.6 is 12.4 Å². The van der Waals surface area contributed by atoms with Crippen LogP contribution in [0.3, 0.4) is 0 Å². The van der Waals surface area contributed by atoms with Crippen molar-refractivity contribution in [2.24, 2.45) is 11.7 Å². The molecule has 0 aliphatic carbocycles. The lowest BCUT2D eigenvalue weighted by Gasteiger charge is -2.33. The van der Waals surface area contributed by atoms with Crippen molar-refractivity contribution in [3.8, 4) is 0 Å². The number of carbonyl (C=O) groups is 1. The zero-order valence-electron chi connectivity index (χ0n) is 12.4. The number of hydrogen-bond donors (Lipinski definition) is 2. The molecule has 1 saturated heterocycles. The van der Waals surface area contributed by atoms with Gasteiger partial charge in [-0.2, -0.15) is 0 Å². The molecule has 6 nitrogen and oxygen atoms in total. The summed E-state index contributed by atoms with van der Waals surface area (Å²) in [4.78, 5) is 11.9. The molecule has 8 heteroatoms. The first-order valence-corrected chi connectivity index (χ1v) is 8.31. The first-order chi connectivity index (χ1) is 8.71. The summed E-state index contributed by atoms with van der Waals surface area (Å²) in [6.45, 7) is 7.04. The second-order valence-electron chi connectivity index (χ2n) is 5.64. The van der Waals surface area contributed by atoms with Crippen LogP contribution in [0.25, 0.3) is 0 Å². The maximum atomic E-state index is 11.9. The fourth-order valence-electron chi connectivity index (χ4n) is 1.98. The van der Waals surface area contributed by atoms with Gasteiger partial charge in [-0.05, 0) is 19.3 Å². The molecule has 1 heterocycles. The summed E-state index contributed by atoms with van der Waals surface area (Å²) < 4.78 is 24.6. The Balaban J connectivity index is 0.00000361. The molecule has 3 N–H and O–H groups in total. The molecule has 0 saturated carbocycles. The number of carbonyl (C=O) groups excluding carboxylic acids is 1. The predicted octanol–water partition coefficient (Wildman–Crippen LogP) is 0.323. The van der Waals surface area contributed by atoms with E-state index in [4.69, 9.17) is 5.73 Å². The Morgan fingerprint density at radius 2 is 2.05 bits per heavy atom. The van der Waals surface area contributed by atoms with E-state index in [0.29, 0.717) is 19.5 Å². The van der Waals surface area contributed by atoms with Gasteiger partial charge in [0.15, 0.2) is 0 Å². The number of rotatable bonds is 6. The topological polar surface area (TPSA) is 92.5 Å². The molecule has 0 aromatic rings. The van der Waals surface area contributed by atoms with E-state index >= 15 is 0 Å². The maximum Gasteiger partial charge on any atom is 0.221 e. The fraction of sp³-hybridized carbons (Fsp3) is 0.917. The molecular weight excluding hydrogens is 302 g/mol. The lowest BCUT2D eigenvalue weighted by atomic mass is 9.88. The number of halogens is 1. The predicted molar refractivity (Wildman–Crippen MR) is 82.3 cm³/mol. The Morgan fingerprint density at radius 3 is 2.45 bits per heavy atom. The van der Waals surface area contributed by atoms with E-state index in [2.05, 4.69) is 5.32 Å². The Morgan fingerprint density at radius 1 is 1.45 bits per heavy atom. The summed E-state index contributed by atoms with van der Waals surface area (Å²) in [6.07, 6.45) is 0.831. The van der Waals surface area contributed by atoms with E-state index in [-0.39, 0.29) is 43.0 Å². The van der Waals surface area contributed by atoms with Crippen LogP contribution in [0.1, 0.15) is 33.6 Å². The summed E-state index contributed by atoms with van der Waals surface area (Å²) >= 11 is 0. The van der Waals surface area contributed by atoms with Gasteiger partial charge >= 0.3 is 0 Å². The third-order valence-electron chi connectivity index (χ3n) is 3.91. The van der Waals surface area contributed by atoms with Crippen molar-refractivity contribution in [1.29, 1.82) is 0 Å². The normalized spacial score (nSPS) is 21.2. The molecular formula is C12H26ClN3O3S. The Labute approximate surface area is 127 Å². The molecule has 1 rings (SSSR count). The number of sulfonamides is 1. The molecule has 1 fully saturated rings. The highest BCUT2D eigenvalue weighted by molar-refractivity contribution is 7.89. The number of hydrogen-bond acceptors (Lipinski definition) is 4. The highest BCUT2D eigenvalue weighted by atomic mass is 35.5. The quantitative estimate of drug-likeness (QED) is 0.735. The summed E-state index contributed by atoms with van der Waals surface area (Å²) in [6, 6.07) is 0. The largest absolute Gasteiger partial charge is 0.349 e. The minimum Gasteiger partial charge on any atom is -0.349 e. The van der Waals surface area contributed by atoms with Gasteiger partial charge in [0.1, 0.15) is 0 Å². The lowest BCUT2D eigenvalue weighted by molar-refractivity contribution is -0.123. The molecule has 0 radical (unpaired) electrons.